The fourth-order valence-corrected chi connectivity index (χ4v) is 2.77. The van der Waals surface area contributed by atoms with E-state index in [2.05, 4.69) is 0 Å². The van der Waals surface area contributed by atoms with Crippen molar-refractivity contribution in [2.24, 2.45) is 0 Å². The van der Waals surface area contributed by atoms with Crippen LogP contribution in [0, 0.1) is 5.82 Å². The zero-order chi connectivity index (χ0) is 21.0. The first-order valence-corrected chi connectivity index (χ1v) is 8.22. The number of ether oxygens (including phenoxy) is 4. The standard InChI is InChI=1S/C16H19FN2O9/c1-7(20)25-6-12-14(27-9(3)22)11(26-8(2)21)4-13(28-12)19-5-10(17)15(23)18-16(19)24/h5,11-14H,4,6H2,1-3H3,(H,18,23,24)/t11-,12-,13-,14+/m1/s1/i17-1. The van der Waals surface area contributed by atoms with Crippen LogP contribution in [0.2, 0.25) is 0 Å². The lowest BCUT2D eigenvalue weighted by Gasteiger charge is -2.40. The topological polar surface area (TPSA) is 143 Å². The molecule has 0 radical (unpaired) electrons. The summed E-state index contributed by atoms with van der Waals surface area (Å²) in [5.41, 5.74) is -2.17. The molecule has 11 nitrogen and oxygen atoms in total. The van der Waals surface area contributed by atoms with Crippen molar-refractivity contribution < 1.29 is 37.7 Å². The van der Waals surface area contributed by atoms with Crippen LogP contribution < -0.4 is 11.2 Å². The fourth-order valence-electron chi connectivity index (χ4n) is 2.77. The lowest BCUT2D eigenvalue weighted by atomic mass is 10.00. The van der Waals surface area contributed by atoms with Crippen LogP contribution in [-0.4, -0.2) is 52.4 Å². The van der Waals surface area contributed by atoms with Gasteiger partial charge in [-0.25, -0.2) is 4.79 Å². The van der Waals surface area contributed by atoms with E-state index in [0.717, 1.165) is 25.3 Å². The van der Waals surface area contributed by atoms with Crippen molar-refractivity contribution in [2.75, 3.05) is 6.61 Å². The third kappa shape index (κ3) is 5.25. The maximum Gasteiger partial charge on any atom is 0.330 e. The van der Waals surface area contributed by atoms with E-state index in [9.17, 15) is 28.4 Å². The van der Waals surface area contributed by atoms with Crippen molar-refractivity contribution in [2.45, 2.75) is 51.7 Å². The summed E-state index contributed by atoms with van der Waals surface area (Å²) in [4.78, 5) is 59.1. The lowest BCUT2D eigenvalue weighted by Crippen LogP contribution is -2.53. The molecule has 0 aromatic carbocycles. The molecule has 0 aliphatic carbocycles. The summed E-state index contributed by atoms with van der Waals surface area (Å²) in [6.07, 6.45) is -4.10. The minimum atomic E-state index is -1.23. The first-order chi connectivity index (χ1) is 13.1. The van der Waals surface area contributed by atoms with Gasteiger partial charge in [0.1, 0.15) is 25.0 Å². The minimum absolute atomic E-state index is 0.195. The number of H-pyrrole nitrogens is 1. The summed E-state index contributed by atoms with van der Waals surface area (Å²) >= 11 is 0. The molecule has 154 valence electrons. The van der Waals surface area contributed by atoms with E-state index < -0.39 is 59.5 Å². The van der Waals surface area contributed by atoms with Gasteiger partial charge in [-0.05, 0) is 0 Å². The van der Waals surface area contributed by atoms with E-state index in [4.69, 9.17) is 18.9 Å². The highest BCUT2D eigenvalue weighted by molar-refractivity contribution is 5.67. The van der Waals surface area contributed by atoms with E-state index in [1.807, 2.05) is 0 Å². The molecule has 1 saturated heterocycles. The number of esters is 3. The van der Waals surface area contributed by atoms with Gasteiger partial charge in [0.25, 0.3) is 5.56 Å². The summed E-state index contributed by atoms with van der Waals surface area (Å²) in [6, 6.07) is 0. The monoisotopic (exact) mass is 401 g/mol. The van der Waals surface area contributed by atoms with Gasteiger partial charge < -0.3 is 18.9 Å². The van der Waals surface area contributed by atoms with Crippen molar-refractivity contribution in [3.8, 4) is 0 Å². The van der Waals surface area contributed by atoms with Crippen molar-refractivity contribution in [1.29, 1.82) is 0 Å². The van der Waals surface area contributed by atoms with Gasteiger partial charge in [0.2, 0.25) is 5.82 Å². The highest BCUT2D eigenvalue weighted by Gasteiger charge is 2.44. The number of hydrogen-bond donors (Lipinski definition) is 1. The summed E-state index contributed by atoms with van der Waals surface area (Å²) in [7, 11) is 0. The SMILES string of the molecule is CC(=O)OC[C@H]1O[C@@H](n2cc([18F])c(=O)[nH]c2=O)C[C@@H](OC(C)=O)[C@@H]1OC(C)=O. The van der Waals surface area contributed by atoms with Crippen LogP contribution in [0.1, 0.15) is 33.4 Å². The van der Waals surface area contributed by atoms with Crippen LogP contribution in [0.5, 0.6) is 0 Å². The maximum atomic E-state index is 13.6. The summed E-state index contributed by atoms with van der Waals surface area (Å²) in [6.45, 7) is 3.01. The number of halogens is 1. The fraction of sp³-hybridized carbons (Fsp3) is 0.562. The van der Waals surface area contributed by atoms with E-state index in [0.29, 0.717) is 6.20 Å². The summed E-state index contributed by atoms with van der Waals surface area (Å²) in [5, 5.41) is 0. The van der Waals surface area contributed by atoms with Gasteiger partial charge in [0.15, 0.2) is 6.10 Å². The molecular formula is C16H19FN2O9. The highest BCUT2D eigenvalue weighted by atomic mass is 18.2. The number of carbonyl (C=O) groups excluding carboxylic acids is 3. The zero-order valence-corrected chi connectivity index (χ0v) is 15.3. The van der Waals surface area contributed by atoms with Gasteiger partial charge in [0, 0.05) is 27.2 Å². The van der Waals surface area contributed by atoms with Crippen molar-refractivity contribution >= 4 is 17.9 Å². The van der Waals surface area contributed by atoms with Crippen molar-refractivity contribution in [3.63, 3.8) is 0 Å². The molecule has 0 saturated carbocycles. The van der Waals surface area contributed by atoms with E-state index in [1.54, 1.807) is 4.98 Å². The minimum Gasteiger partial charge on any atom is -0.463 e. The Kier molecular flexibility index (Phi) is 6.67. The Hall–Kier alpha value is -3.02. The summed E-state index contributed by atoms with van der Waals surface area (Å²) < 4.78 is 35.3. The first kappa shape index (κ1) is 21.3. The average molecular weight is 401 g/mol. The van der Waals surface area contributed by atoms with Crippen LogP contribution in [0.15, 0.2) is 15.8 Å². The number of aromatic amines is 1. The quantitative estimate of drug-likeness (QED) is 0.505. The predicted molar refractivity (Wildman–Crippen MR) is 87.5 cm³/mol. The Morgan fingerprint density at radius 3 is 2.39 bits per heavy atom. The van der Waals surface area contributed by atoms with Crippen LogP contribution in [0.3, 0.4) is 0 Å². The molecule has 1 N–H and O–H groups in total. The molecule has 4 atom stereocenters. The van der Waals surface area contributed by atoms with E-state index in [1.165, 1.54) is 0 Å². The Labute approximate surface area is 157 Å². The van der Waals surface area contributed by atoms with Gasteiger partial charge in [-0.15, -0.1) is 0 Å². The number of rotatable bonds is 5. The third-order valence-corrected chi connectivity index (χ3v) is 3.80. The molecular weight excluding hydrogens is 382 g/mol. The van der Waals surface area contributed by atoms with Crippen molar-refractivity contribution in [3.05, 3.63) is 32.9 Å². The van der Waals surface area contributed by atoms with E-state index >= 15 is 0 Å². The second-order valence-electron chi connectivity index (χ2n) is 6.03. The van der Waals surface area contributed by atoms with Gasteiger partial charge in [-0.2, -0.15) is 4.39 Å². The molecule has 1 aromatic heterocycles. The maximum absolute atomic E-state index is 13.6. The molecule has 1 fully saturated rings. The van der Waals surface area contributed by atoms with Crippen LogP contribution in [0.4, 0.5) is 4.39 Å². The Bertz CT molecular complexity index is 878. The van der Waals surface area contributed by atoms with Gasteiger partial charge in [-0.1, -0.05) is 0 Å². The smallest absolute Gasteiger partial charge is 0.330 e. The molecule has 1 aliphatic heterocycles. The Morgan fingerprint density at radius 2 is 1.82 bits per heavy atom. The normalized spacial score (nSPS) is 24.3. The number of carbonyl (C=O) groups is 3. The molecule has 0 unspecified atom stereocenters. The van der Waals surface area contributed by atoms with Gasteiger partial charge in [0.05, 0.1) is 6.20 Å². The largest absolute Gasteiger partial charge is 0.463 e. The van der Waals surface area contributed by atoms with Gasteiger partial charge >= 0.3 is 23.6 Å². The third-order valence-electron chi connectivity index (χ3n) is 3.80. The van der Waals surface area contributed by atoms with Crippen molar-refractivity contribution in [1.82, 2.24) is 9.55 Å². The molecule has 2 rings (SSSR count). The van der Waals surface area contributed by atoms with Crippen LogP contribution in [-0.2, 0) is 33.3 Å². The Balaban J connectivity index is 2.41. The number of hydrogen-bond acceptors (Lipinski definition) is 9. The number of aromatic nitrogens is 2. The Morgan fingerprint density at radius 1 is 1.18 bits per heavy atom. The number of nitrogens with one attached hydrogen (secondary N) is 1. The van der Waals surface area contributed by atoms with Crippen LogP contribution >= 0.6 is 0 Å². The molecule has 0 bridgehead atoms. The first-order valence-electron chi connectivity index (χ1n) is 8.22. The highest BCUT2D eigenvalue weighted by Crippen LogP contribution is 2.31. The second-order valence-corrected chi connectivity index (χ2v) is 6.03. The average Bonchev–Trinajstić information content (AvgIpc) is 2.57. The molecule has 2 heterocycles. The van der Waals surface area contributed by atoms with E-state index in [-0.39, 0.29) is 13.0 Å². The molecule has 1 aromatic rings. The predicted octanol–water partition coefficient (Wildman–Crippen LogP) is -0.610. The molecule has 28 heavy (non-hydrogen) atoms. The van der Waals surface area contributed by atoms with Gasteiger partial charge in [-0.3, -0.25) is 28.7 Å². The zero-order valence-electron chi connectivity index (χ0n) is 15.3. The molecule has 12 heteroatoms. The van der Waals surface area contributed by atoms with Crippen LogP contribution in [0.25, 0.3) is 0 Å². The summed E-state index contributed by atoms with van der Waals surface area (Å²) in [5.74, 6) is -3.28. The molecule has 1 aliphatic rings. The second kappa shape index (κ2) is 8.78. The molecule has 0 spiro atoms. The molecule has 0 amide bonds. The number of nitrogens with zero attached hydrogens (tertiary/aromatic N) is 1. The lowest BCUT2D eigenvalue weighted by molar-refractivity contribution is -0.227.